The Labute approximate surface area is 148 Å². The highest BCUT2D eigenvalue weighted by Gasteiger charge is 2.27. The number of nitrogens with one attached hydrogen (secondary N) is 1. The fourth-order valence-corrected chi connectivity index (χ4v) is 3.11. The Morgan fingerprint density at radius 2 is 1.88 bits per heavy atom. The van der Waals surface area contributed by atoms with Crippen LogP contribution in [0.15, 0.2) is 60.7 Å². The van der Waals surface area contributed by atoms with Gasteiger partial charge in [0, 0.05) is 19.6 Å². The van der Waals surface area contributed by atoms with E-state index in [1.54, 1.807) is 12.1 Å². The van der Waals surface area contributed by atoms with Gasteiger partial charge in [-0.25, -0.2) is 4.39 Å². The molecule has 1 saturated heterocycles. The van der Waals surface area contributed by atoms with Crippen LogP contribution in [0.3, 0.4) is 0 Å². The fraction of sp³-hybridized carbons (Fsp3) is 0.286. The number of hydrogen-bond acceptors (Lipinski definition) is 2. The summed E-state index contributed by atoms with van der Waals surface area (Å²) in [4.78, 5) is 14.7. The number of halogens is 1. The van der Waals surface area contributed by atoms with Crippen LogP contribution in [-0.2, 0) is 11.2 Å². The maximum atomic E-state index is 13.0. The molecule has 1 unspecified atom stereocenters. The van der Waals surface area contributed by atoms with Crippen LogP contribution in [0.2, 0.25) is 0 Å². The molecule has 2 aromatic carbocycles. The molecule has 0 bridgehead atoms. The second-order valence-electron chi connectivity index (χ2n) is 6.30. The van der Waals surface area contributed by atoms with Crippen molar-refractivity contribution in [2.75, 3.05) is 19.6 Å². The number of amides is 1. The first-order chi connectivity index (χ1) is 12.2. The zero-order valence-electron chi connectivity index (χ0n) is 14.2. The van der Waals surface area contributed by atoms with Crippen molar-refractivity contribution in [3.05, 3.63) is 77.6 Å². The van der Waals surface area contributed by atoms with Gasteiger partial charge in [-0.2, -0.15) is 0 Å². The molecule has 1 fully saturated rings. The van der Waals surface area contributed by atoms with E-state index in [9.17, 15) is 9.18 Å². The molecule has 1 aliphatic rings. The minimum atomic E-state index is -0.232. The zero-order chi connectivity index (χ0) is 17.5. The second kappa shape index (κ2) is 8.58. The Hall–Kier alpha value is -2.46. The minimum absolute atomic E-state index is 0.0940. The highest BCUT2D eigenvalue weighted by Crippen LogP contribution is 2.13. The van der Waals surface area contributed by atoms with Crippen molar-refractivity contribution >= 4 is 12.0 Å². The topological polar surface area (TPSA) is 32.3 Å². The van der Waals surface area contributed by atoms with Crippen LogP contribution in [-0.4, -0.2) is 36.5 Å². The summed E-state index contributed by atoms with van der Waals surface area (Å²) in [5.74, 6) is -0.138. The molecule has 1 aliphatic heterocycles. The van der Waals surface area contributed by atoms with Gasteiger partial charge in [0.05, 0.1) is 6.04 Å². The summed E-state index contributed by atoms with van der Waals surface area (Å²) in [5, 5.41) is 3.01. The lowest BCUT2D eigenvalue weighted by atomic mass is 10.0. The van der Waals surface area contributed by atoms with E-state index >= 15 is 0 Å². The predicted molar refractivity (Wildman–Crippen MR) is 98.6 cm³/mol. The van der Waals surface area contributed by atoms with Crippen molar-refractivity contribution in [2.24, 2.45) is 0 Å². The van der Waals surface area contributed by atoms with Crippen LogP contribution >= 0.6 is 0 Å². The lowest BCUT2D eigenvalue weighted by Crippen LogP contribution is -2.45. The lowest BCUT2D eigenvalue weighted by molar-refractivity contribution is -0.125. The average molecular weight is 338 g/mol. The molecule has 3 nitrogen and oxygen atoms in total. The van der Waals surface area contributed by atoms with Crippen LogP contribution in [0.4, 0.5) is 4.39 Å². The third-order valence-corrected chi connectivity index (χ3v) is 4.46. The molecule has 1 heterocycles. The Morgan fingerprint density at radius 1 is 1.12 bits per heavy atom. The maximum Gasteiger partial charge on any atom is 0.237 e. The molecule has 0 spiro atoms. The largest absolute Gasteiger partial charge is 0.355 e. The Kier molecular flexibility index (Phi) is 5.96. The van der Waals surface area contributed by atoms with Gasteiger partial charge in [0.2, 0.25) is 5.91 Å². The van der Waals surface area contributed by atoms with Gasteiger partial charge in [0.25, 0.3) is 0 Å². The minimum Gasteiger partial charge on any atom is -0.355 e. The maximum absolute atomic E-state index is 13.0. The number of nitrogens with zero attached hydrogens (tertiary/aromatic N) is 1. The van der Waals surface area contributed by atoms with E-state index in [-0.39, 0.29) is 17.8 Å². The first-order valence-corrected chi connectivity index (χ1v) is 8.70. The van der Waals surface area contributed by atoms with Crippen molar-refractivity contribution in [3.8, 4) is 0 Å². The summed E-state index contributed by atoms with van der Waals surface area (Å²) >= 11 is 0. The number of carbonyl (C=O) groups excluding carboxylic acids is 1. The van der Waals surface area contributed by atoms with Crippen LogP contribution < -0.4 is 5.32 Å². The molecule has 0 aliphatic carbocycles. The standard InChI is InChI=1S/C21H23FN2O/c22-19-11-9-17(10-12-19)8-4-14-24-15-5-13-23-21(25)20(24)16-18-6-2-1-3-7-18/h1-4,6-12,20H,5,13-16H2,(H,23,25). The smallest absolute Gasteiger partial charge is 0.237 e. The van der Waals surface area contributed by atoms with Gasteiger partial charge in [-0.05, 0) is 36.1 Å². The number of rotatable bonds is 5. The summed E-state index contributed by atoms with van der Waals surface area (Å²) in [6.45, 7) is 2.30. The molecule has 1 atom stereocenters. The molecular weight excluding hydrogens is 315 g/mol. The zero-order valence-corrected chi connectivity index (χ0v) is 14.2. The van der Waals surface area contributed by atoms with Crippen molar-refractivity contribution in [1.29, 1.82) is 0 Å². The van der Waals surface area contributed by atoms with Gasteiger partial charge in [-0.15, -0.1) is 0 Å². The lowest BCUT2D eigenvalue weighted by Gasteiger charge is -2.27. The van der Waals surface area contributed by atoms with E-state index in [0.717, 1.165) is 30.6 Å². The second-order valence-corrected chi connectivity index (χ2v) is 6.30. The van der Waals surface area contributed by atoms with Gasteiger partial charge < -0.3 is 5.32 Å². The summed E-state index contributed by atoms with van der Waals surface area (Å²) in [6.07, 6.45) is 5.67. The molecule has 1 N–H and O–H groups in total. The highest BCUT2D eigenvalue weighted by molar-refractivity contribution is 5.82. The molecule has 25 heavy (non-hydrogen) atoms. The van der Waals surface area contributed by atoms with Crippen LogP contribution in [0.1, 0.15) is 17.5 Å². The normalized spacial score (nSPS) is 18.9. The molecular formula is C21H23FN2O. The molecule has 0 aromatic heterocycles. The van der Waals surface area contributed by atoms with Gasteiger partial charge in [0.15, 0.2) is 0 Å². The number of carbonyl (C=O) groups is 1. The van der Waals surface area contributed by atoms with Crippen molar-refractivity contribution < 1.29 is 9.18 Å². The van der Waals surface area contributed by atoms with Gasteiger partial charge in [-0.1, -0.05) is 54.6 Å². The summed E-state index contributed by atoms with van der Waals surface area (Å²) in [7, 11) is 0. The summed E-state index contributed by atoms with van der Waals surface area (Å²) < 4.78 is 13.0. The first-order valence-electron chi connectivity index (χ1n) is 8.70. The first kappa shape index (κ1) is 17.4. The molecule has 0 saturated carbocycles. The van der Waals surface area contributed by atoms with E-state index in [2.05, 4.69) is 22.3 Å². The van der Waals surface area contributed by atoms with E-state index in [1.165, 1.54) is 12.1 Å². The van der Waals surface area contributed by atoms with Crippen molar-refractivity contribution in [3.63, 3.8) is 0 Å². The monoisotopic (exact) mass is 338 g/mol. The van der Waals surface area contributed by atoms with Gasteiger partial charge in [-0.3, -0.25) is 9.69 Å². The predicted octanol–water partition coefficient (Wildman–Crippen LogP) is 3.27. The van der Waals surface area contributed by atoms with E-state index < -0.39 is 0 Å². The third-order valence-electron chi connectivity index (χ3n) is 4.46. The fourth-order valence-electron chi connectivity index (χ4n) is 3.11. The SMILES string of the molecule is O=C1NCCCN(CC=Cc2ccc(F)cc2)C1Cc1ccccc1. The number of benzene rings is 2. The van der Waals surface area contributed by atoms with Gasteiger partial charge in [0.1, 0.15) is 5.82 Å². The van der Waals surface area contributed by atoms with E-state index in [1.807, 2.05) is 30.4 Å². The summed E-state index contributed by atoms with van der Waals surface area (Å²) in [6, 6.07) is 16.4. The van der Waals surface area contributed by atoms with Crippen LogP contribution in [0, 0.1) is 5.82 Å². The average Bonchev–Trinajstić information content (AvgIpc) is 2.80. The van der Waals surface area contributed by atoms with Crippen molar-refractivity contribution in [1.82, 2.24) is 10.2 Å². The van der Waals surface area contributed by atoms with Gasteiger partial charge >= 0.3 is 0 Å². The quantitative estimate of drug-likeness (QED) is 0.907. The Balaban J connectivity index is 1.69. The Bertz CT molecular complexity index is 712. The molecule has 4 heteroatoms. The third kappa shape index (κ3) is 5.00. The Morgan fingerprint density at radius 3 is 2.64 bits per heavy atom. The highest BCUT2D eigenvalue weighted by atomic mass is 19.1. The number of hydrogen-bond donors (Lipinski definition) is 1. The van der Waals surface area contributed by atoms with Crippen LogP contribution in [0.5, 0.6) is 0 Å². The molecule has 2 aromatic rings. The van der Waals surface area contributed by atoms with Crippen molar-refractivity contribution in [2.45, 2.75) is 18.9 Å². The molecule has 130 valence electrons. The van der Waals surface area contributed by atoms with Crippen LogP contribution in [0.25, 0.3) is 6.08 Å². The van der Waals surface area contributed by atoms with E-state index in [4.69, 9.17) is 0 Å². The molecule has 1 amide bonds. The summed E-state index contributed by atoms with van der Waals surface area (Å²) in [5.41, 5.74) is 2.12. The van der Waals surface area contributed by atoms with E-state index in [0.29, 0.717) is 13.0 Å². The molecule has 0 radical (unpaired) electrons. The molecule has 3 rings (SSSR count).